The molecule has 1 N–H and O–H groups in total. The van der Waals surface area contributed by atoms with E-state index in [0.29, 0.717) is 12.5 Å². The van der Waals surface area contributed by atoms with Gasteiger partial charge < -0.3 is 10.2 Å². The predicted molar refractivity (Wildman–Crippen MR) is 53.4 cm³/mol. The average Bonchev–Trinajstić information content (AvgIpc) is 2.13. The first-order chi connectivity index (χ1) is 6.33. The van der Waals surface area contributed by atoms with E-state index in [1.54, 1.807) is 0 Å². The van der Waals surface area contributed by atoms with Crippen LogP contribution in [0.4, 0.5) is 0 Å². The molecule has 0 bridgehead atoms. The monoisotopic (exact) mass is 181 g/mol. The van der Waals surface area contributed by atoms with Gasteiger partial charge in [-0.15, -0.1) is 0 Å². The van der Waals surface area contributed by atoms with Gasteiger partial charge in [0.05, 0.1) is 6.07 Å². The van der Waals surface area contributed by atoms with E-state index in [0.717, 1.165) is 32.6 Å². The molecule has 1 saturated heterocycles. The van der Waals surface area contributed by atoms with Crippen LogP contribution in [0.15, 0.2) is 0 Å². The second kappa shape index (κ2) is 5.95. The molecule has 3 heteroatoms. The summed E-state index contributed by atoms with van der Waals surface area (Å²) in [7, 11) is 0. The largest absolute Gasteiger partial charge is 0.312 e. The molecule has 0 radical (unpaired) electrons. The van der Waals surface area contributed by atoms with Gasteiger partial charge in [-0.25, -0.2) is 0 Å². The van der Waals surface area contributed by atoms with E-state index in [4.69, 9.17) is 5.26 Å². The molecule has 0 amide bonds. The Bertz CT molecular complexity index is 173. The Kier molecular flexibility index (Phi) is 4.81. The molecular weight excluding hydrogens is 162 g/mol. The van der Waals surface area contributed by atoms with Gasteiger partial charge in [-0.3, -0.25) is 0 Å². The molecule has 1 atom stereocenters. The van der Waals surface area contributed by atoms with Gasteiger partial charge in [0.2, 0.25) is 0 Å². The third-order valence-electron chi connectivity index (χ3n) is 2.47. The molecule has 0 aromatic rings. The third-order valence-corrected chi connectivity index (χ3v) is 2.47. The SMILES string of the molecule is C[C@@H]1CN(CCCCC#N)CCN1. The maximum atomic E-state index is 8.37. The van der Waals surface area contributed by atoms with Gasteiger partial charge in [0, 0.05) is 32.1 Å². The summed E-state index contributed by atoms with van der Waals surface area (Å²) in [4.78, 5) is 2.48. The van der Waals surface area contributed by atoms with Crippen molar-refractivity contribution < 1.29 is 0 Å². The Morgan fingerprint density at radius 3 is 3.08 bits per heavy atom. The molecule has 0 aromatic carbocycles. The van der Waals surface area contributed by atoms with E-state index in [1.165, 1.54) is 6.42 Å². The van der Waals surface area contributed by atoms with Crippen LogP contribution in [0.2, 0.25) is 0 Å². The fraction of sp³-hybridized carbons (Fsp3) is 0.900. The summed E-state index contributed by atoms with van der Waals surface area (Å²) in [5.74, 6) is 0. The average molecular weight is 181 g/mol. The van der Waals surface area contributed by atoms with Crippen molar-refractivity contribution in [1.82, 2.24) is 10.2 Å². The van der Waals surface area contributed by atoms with Crippen molar-refractivity contribution in [3.05, 3.63) is 0 Å². The third kappa shape index (κ3) is 4.25. The molecule has 0 aromatic heterocycles. The van der Waals surface area contributed by atoms with E-state index in [-0.39, 0.29) is 0 Å². The number of piperazine rings is 1. The van der Waals surface area contributed by atoms with Gasteiger partial charge in [-0.2, -0.15) is 5.26 Å². The fourth-order valence-electron chi connectivity index (χ4n) is 1.75. The summed E-state index contributed by atoms with van der Waals surface area (Å²) in [5.41, 5.74) is 0. The van der Waals surface area contributed by atoms with Crippen LogP contribution in [0, 0.1) is 11.3 Å². The molecule has 1 aliphatic heterocycles. The zero-order valence-corrected chi connectivity index (χ0v) is 8.42. The van der Waals surface area contributed by atoms with Crippen molar-refractivity contribution in [2.24, 2.45) is 0 Å². The highest BCUT2D eigenvalue weighted by Crippen LogP contribution is 2.02. The number of hydrogen-bond acceptors (Lipinski definition) is 3. The first-order valence-corrected chi connectivity index (χ1v) is 5.15. The summed E-state index contributed by atoms with van der Waals surface area (Å²) in [6, 6.07) is 2.81. The smallest absolute Gasteiger partial charge is 0.0621 e. The summed E-state index contributed by atoms with van der Waals surface area (Å²) < 4.78 is 0. The molecule has 1 heterocycles. The van der Waals surface area contributed by atoms with Crippen LogP contribution in [0.1, 0.15) is 26.2 Å². The number of nitriles is 1. The molecule has 1 aliphatic rings. The van der Waals surface area contributed by atoms with Gasteiger partial charge in [-0.1, -0.05) is 0 Å². The normalized spacial score (nSPS) is 24.2. The lowest BCUT2D eigenvalue weighted by Gasteiger charge is -2.31. The van der Waals surface area contributed by atoms with Gasteiger partial charge in [0.25, 0.3) is 0 Å². The standard InChI is InChI=1S/C10H19N3/c1-10-9-13(8-6-12-10)7-4-2-3-5-11/h10,12H,2-4,6-9H2,1H3/t10-/m1/s1. The van der Waals surface area contributed by atoms with E-state index in [2.05, 4.69) is 23.2 Å². The maximum Gasteiger partial charge on any atom is 0.0621 e. The van der Waals surface area contributed by atoms with Crippen LogP contribution in [0.25, 0.3) is 0 Å². The molecule has 0 saturated carbocycles. The Balaban J connectivity index is 2.04. The molecule has 74 valence electrons. The lowest BCUT2D eigenvalue weighted by molar-refractivity contribution is 0.204. The van der Waals surface area contributed by atoms with Gasteiger partial charge in [0.1, 0.15) is 0 Å². The van der Waals surface area contributed by atoms with Crippen LogP contribution in [0.5, 0.6) is 0 Å². The van der Waals surface area contributed by atoms with Gasteiger partial charge in [-0.05, 0) is 26.3 Å². The Morgan fingerprint density at radius 2 is 2.38 bits per heavy atom. The summed E-state index contributed by atoms with van der Waals surface area (Å²) in [6.07, 6.45) is 2.93. The first kappa shape index (κ1) is 10.5. The minimum absolute atomic E-state index is 0.629. The highest BCUT2D eigenvalue weighted by atomic mass is 15.2. The van der Waals surface area contributed by atoms with E-state index in [1.807, 2.05) is 0 Å². The fourth-order valence-corrected chi connectivity index (χ4v) is 1.75. The van der Waals surface area contributed by atoms with Crippen molar-refractivity contribution in [2.75, 3.05) is 26.2 Å². The minimum Gasteiger partial charge on any atom is -0.312 e. The predicted octanol–water partition coefficient (Wildman–Crippen LogP) is 0.974. The Labute approximate surface area is 80.7 Å². The Hall–Kier alpha value is -0.590. The summed E-state index contributed by atoms with van der Waals surface area (Å²) >= 11 is 0. The molecule has 1 rings (SSSR count). The first-order valence-electron chi connectivity index (χ1n) is 5.15. The molecule has 0 unspecified atom stereocenters. The zero-order chi connectivity index (χ0) is 9.52. The van der Waals surface area contributed by atoms with Crippen molar-refractivity contribution in [2.45, 2.75) is 32.2 Å². The van der Waals surface area contributed by atoms with Crippen LogP contribution < -0.4 is 5.32 Å². The van der Waals surface area contributed by atoms with E-state index < -0.39 is 0 Å². The van der Waals surface area contributed by atoms with Crippen LogP contribution >= 0.6 is 0 Å². The molecule has 1 fully saturated rings. The number of nitrogens with zero attached hydrogens (tertiary/aromatic N) is 2. The molecule has 0 spiro atoms. The molecule has 3 nitrogen and oxygen atoms in total. The number of hydrogen-bond donors (Lipinski definition) is 1. The number of unbranched alkanes of at least 4 members (excludes halogenated alkanes) is 2. The maximum absolute atomic E-state index is 8.37. The second-order valence-corrected chi connectivity index (χ2v) is 3.77. The number of nitrogens with one attached hydrogen (secondary N) is 1. The van der Waals surface area contributed by atoms with Crippen molar-refractivity contribution in [3.8, 4) is 6.07 Å². The lowest BCUT2D eigenvalue weighted by atomic mass is 10.2. The summed E-state index contributed by atoms with van der Waals surface area (Å²) in [5, 5.41) is 11.8. The second-order valence-electron chi connectivity index (χ2n) is 3.77. The molecular formula is C10H19N3. The minimum atomic E-state index is 0.629. The van der Waals surface area contributed by atoms with Crippen LogP contribution in [-0.2, 0) is 0 Å². The Morgan fingerprint density at radius 1 is 1.54 bits per heavy atom. The zero-order valence-electron chi connectivity index (χ0n) is 8.42. The topological polar surface area (TPSA) is 39.1 Å². The molecule has 13 heavy (non-hydrogen) atoms. The number of rotatable bonds is 4. The quantitative estimate of drug-likeness (QED) is 0.657. The van der Waals surface area contributed by atoms with Crippen molar-refractivity contribution in [1.29, 1.82) is 5.26 Å². The van der Waals surface area contributed by atoms with Crippen LogP contribution in [-0.4, -0.2) is 37.1 Å². The lowest BCUT2D eigenvalue weighted by Crippen LogP contribution is -2.49. The van der Waals surface area contributed by atoms with E-state index in [9.17, 15) is 0 Å². The van der Waals surface area contributed by atoms with Crippen molar-refractivity contribution >= 4 is 0 Å². The van der Waals surface area contributed by atoms with Gasteiger partial charge in [0.15, 0.2) is 0 Å². The van der Waals surface area contributed by atoms with E-state index >= 15 is 0 Å². The molecule has 0 aliphatic carbocycles. The summed E-state index contributed by atoms with van der Waals surface area (Å²) in [6.45, 7) is 6.82. The van der Waals surface area contributed by atoms with Crippen molar-refractivity contribution in [3.63, 3.8) is 0 Å². The van der Waals surface area contributed by atoms with Crippen LogP contribution in [0.3, 0.4) is 0 Å². The van der Waals surface area contributed by atoms with Gasteiger partial charge >= 0.3 is 0 Å². The highest BCUT2D eigenvalue weighted by Gasteiger charge is 2.14. The highest BCUT2D eigenvalue weighted by molar-refractivity contribution is 4.75.